The van der Waals surface area contributed by atoms with Crippen molar-refractivity contribution in [1.29, 1.82) is 0 Å². The molecule has 10 aromatic carbocycles. The number of furan rings is 1. The summed E-state index contributed by atoms with van der Waals surface area (Å²) in [4.78, 5) is 7.99. The van der Waals surface area contributed by atoms with E-state index in [1.165, 1.54) is 130 Å². The van der Waals surface area contributed by atoms with Crippen molar-refractivity contribution in [3.63, 3.8) is 0 Å². The van der Waals surface area contributed by atoms with Crippen molar-refractivity contribution in [1.82, 2.24) is 0 Å². The lowest BCUT2D eigenvalue weighted by atomic mass is 9.36. The van der Waals surface area contributed by atoms with Crippen molar-refractivity contribution in [2.75, 3.05) is 14.7 Å². The van der Waals surface area contributed by atoms with Gasteiger partial charge < -0.3 is 19.1 Å². The lowest BCUT2D eigenvalue weighted by Crippen LogP contribution is -2.60. The van der Waals surface area contributed by atoms with Crippen LogP contribution in [-0.4, -0.2) is 6.71 Å². The second kappa shape index (κ2) is 19.7. The zero-order chi connectivity index (χ0) is 62.4. The molecule has 1 spiro atoms. The van der Waals surface area contributed by atoms with Crippen LogP contribution in [0.2, 0.25) is 0 Å². The van der Waals surface area contributed by atoms with E-state index in [0.717, 1.165) is 44.7 Å². The predicted molar refractivity (Wildman–Crippen MR) is 390 cm³/mol. The monoisotopic (exact) mass is 1200 g/mol. The molecule has 2 bridgehead atoms. The summed E-state index contributed by atoms with van der Waals surface area (Å²) in [5.41, 5.74) is 28.2. The second-order valence-corrected chi connectivity index (χ2v) is 32.3. The molecule has 5 aliphatic rings. The third-order valence-corrected chi connectivity index (χ3v) is 23.1. The molecule has 2 aliphatic heterocycles. The van der Waals surface area contributed by atoms with Crippen LogP contribution in [0.5, 0.6) is 0 Å². The molecule has 12 aromatic rings. The number of nitrogens with zero attached hydrogens (tertiary/aromatic N) is 3. The van der Waals surface area contributed by atoms with E-state index in [1.54, 1.807) is 5.56 Å². The first kappa shape index (κ1) is 56.4. The van der Waals surface area contributed by atoms with Gasteiger partial charge in [-0.2, -0.15) is 0 Å². The first-order valence-corrected chi connectivity index (χ1v) is 34.2. The Kier molecular flexibility index (Phi) is 12.2. The number of thiophene rings is 1. The van der Waals surface area contributed by atoms with Crippen molar-refractivity contribution >= 4 is 117 Å². The fourth-order valence-corrected chi connectivity index (χ4v) is 18.6. The predicted octanol–water partition coefficient (Wildman–Crippen LogP) is 22.3. The lowest BCUT2D eigenvalue weighted by Gasteiger charge is -2.45. The quantitative estimate of drug-likeness (QED) is 0.155. The molecule has 6 heteroatoms. The van der Waals surface area contributed by atoms with E-state index in [9.17, 15) is 0 Å². The highest BCUT2D eigenvalue weighted by Crippen LogP contribution is 2.69. The Morgan fingerprint density at radius 3 is 1.77 bits per heavy atom. The van der Waals surface area contributed by atoms with Crippen LogP contribution >= 0.6 is 11.3 Å². The van der Waals surface area contributed by atoms with Gasteiger partial charge in [-0.15, -0.1) is 11.3 Å². The third-order valence-electron chi connectivity index (χ3n) is 21.8. The van der Waals surface area contributed by atoms with E-state index in [4.69, 9.17) is 4.42 Å². The first-order chi connectivity index (χ1) is 43.7. The number of hydrogen-bond acceptors (Lipinski definition) is 5. The molecular weight excluding hydrogens is 1120 g/mol. The minimum Gasteiger partial charge on any atom is -0.454 e. The Morgan fingerprint density at radius 1 is 0.451 bits per heavy atom. The van der Waals surface area contributed by atoms with Crippen LogP contribution in [0.4, 0.5) is 51.2 Å². The maximum Gasteiger partial charge on any atom is 0.264 e. The van der Waals surface area contributed by atoms with Gasteiger partial charge in [0, 0.05) is 70.6 Å². The molecule has 3 aliphatic carbocycles. The molecule has 2 saturated carbocycles. The first-order valence-electron chi connectivity index (χ1n) is 33.4. The van der Waals surface area contributed by atoms with Crippen LogP contribution in [0, 0.1) is 11.8 Å². The molecule has 2 fully saturated rings. The van der Waals surface area contributed by atoms with Gasteiger partial charge in [0.25, 0.3) is 6.71 Å². The van der Waals surface area contributed by atoms with E-state index in [2.05, 4.69) is 304 Å². The summed E-state index contributed by atoms with van der Waals surface area (Å²) in [6, 6.07) is 80.3. The van der Waals surface area contributed by atoms with Crippen LogP contribution in [0.3, 0.4) is 0 Å². The van der Waals surface area contributed by atoms with E-state index in [-0.39, 0.29) is 33.8 Å². The molecule has 0 unspecified atom stereocenters. The summed E-state index contributed by atoms with van der Waals surface area (Å²) in [7, 11) is 0. The summed E-state index contributed by atoms with van der Waals surface area (Å²) < 4.78 is 9.80. The van der Waals surface area contributed by atoms with Gasteiger partial charge in [-0.05, 0) is 193 Å². The van der Waals surface area contributed by atoms with Crippen LogP contribution < -0.4 is 30.4 Å². The number of fused-ring (bicyclic) bond motifs is 12. The van der Waals surface area contributed by atoms with Crippen molar-refractivity contribution < 1.29 is 4.42 Å². The molecular formula is C85H80BN3OS. The zero-order valence-electron chi connectivity index (χ0n) is 54.8. The maximum absolute atomic E-state index is 7.16. The average Bonchev–Trinajstić information content (AvgIpc) is 1.61. The number of rotatable bonds is 6. The van der Waals surface area contributed by atoms with Gasteiger partial charge in [0.05, 0.1) is 22.7 Å². The standard InChI is InChI=1S/C85H80BN3OS/c1-81(2,3)52-36-40-58(41-37-52)87(68-44-38-55(82(4,5)6)46-63(68)51-22-14-13-15-23-51)59-42-43-67-71(50-59)88(69-29-21-28-66-76(69)62-25-16-18-27-65(62)85(66)53-32-33-54(85)35-34-53)72-48-57(84(10,11)12)49-73-77(72)86(67)80-78(64-47-56(83(7,8)9)39-45-75(64)91-80)89(73)70-30-20-26-61-60-24-17-19-31-74(60)90-79(61)70/h13-31,36-50,53-54H,32-35H2,1-12H3. The smallest absolute Gasteiger partial charge is 0.264 e. The molecule has 0 N–H and O–H groups in total. The van der Waals surface area contributed by atoms with E-state index < -0.39 is 0 Å². The molecule has 0 saturated heterocycles. The van der Waals surface area contributed by atoms with Crippen LogP contribution in [0.1, 0.15) is 142 Å². The van der Waals surface area contributed by atoms with Gasteiger partial charge >= 0.3 is 0 Å². The Balaban J connectivity index is 1.01. The summed E-state index contributed by atoms with van der Waals surface area (Å²) in [5, 5.41) is 3.54. The highest BCUT2D eigenvalue weighted by atomic mass is 32.1. The van der Waals surface area contributed by atoms with Gasteiger partial charge in [-0.25, -0.2) is 0 Å². The molecule has 0 atom stereocenters. The van der Waals surface area contributed by atoms with Crippen molar-refractivity contribution in [2.24, 2.45) is 11.8 Å². The number of para-hydroxylation sites is 2. The molecule has 2 aromatic heterocycles. The van der Waals surface area contributed by atoms with Crippen LogP contribution in [0.15, 0.2) is 211 Å². The second-order valence-electron chi connectivity index (χ2n) is 31.2. The van der Waals surface area contributed by atoms with Crippen molar-refractivity contribution in [3.8, 4) is 22.3 Å². The van der Waals surface area contributed by atoms with Gasteiger partial charge in [0.15, 0.2) is 5.58 Å². The summed E-state index contributed by atoms with van der Waals surface area (Å²) in [5.74, 6) is 1.25. The molecule has 0 radical (unpaired) electrons. The van der Waals surface area contributed by atoms with E-state index in [0.29, 0.717) is 11.8 Å². The SMILES string of the molecule is CC(C)(C)c1ccc(N(c2ccc3c(c2)N(c2cccc4c2-c2ccccc2C42C4CCC2CC4)c2cc(C(C)(C)C)cc4c2B3c2sc3ccc(C(C)(C)C)cc3c2N4c2cccc3c2oc2ccccc23)c2ccc(C(C)(C)C)cc2-c2ccccc2)cc1. The Labute approximate surface area is 542 Å². The van der Waals surface area contributed by atoms with E-state index in [1.807, 2.05) is 11.3 Å². The summed E-state index contributed by atoms with van der Waals surface area (Å²) in [6.07, 6.45) is 5.16. The van der Waals surface area contributed by atoms with Crippen molar-refractivity contribution in [3.05, 3.63) is 240 Å². The fourth-order valence-electron chi connectivity index (χ4n) is 17.3. The maximum atomic E-state index is 7.16. The Hall–Kier alpha value is -8.58. The van der Waals surface area contributed by atoms with Crippen molar-refractivity contribution in [2.45, 2.75) is 136 Å². The molecule has 91 heavy (non-hydrogen) atoms. The molecule has 4 nitrogen and oxygen atoms in total. The fraction of sp³-hybridized carbons (Fsp3) is 0.271. The zero-order valence-corrected chi connectivity index (χ0v) is 55.7. The number of benzene rings is 10. The molecule has 4 heterocycles. The van der Waals surface area contributed by atoms with E-state index >= 15 is 0 Å². The minimum atomic E-state index is -0.232. The van der Waals surface area contributed by atoms with Crippen LogP contribution in [-0.2, 0) is 27.1 Å². The number of hydrogen-bond donors (Lipinski definition) is 0. The normalized spacial score (nSPS) is 18.1. The Bertz CT molecular complexity index is 4960. The molecule has 0 amide bonds. The number of anilines is 9. The molecule has 450 valence electrons. The highest BCUT2D eigenvalue weighted by molar-refractivity contribution is 7.33. The van der Waals surface area contributed by atoms with Gasteiger partial charge in [-0.1, -0.05) is 210 Å². The third kappa shape index (κ3) is 8.32. The van der Waals surface area contributed by atoms with Crippen LogP contribution in [0.25, 0.3) is 54.3 Å². The Morgan fingerprint density at radius 2 is 1.04 bits per heavy atom. The highest BCUT2D eigenvalue weighted by Gasteiger charge is 2.60. The van der Waals surface area contributed by atoms with Gasteiger partial charge in [0.2, 0.25) is 0 Å². The molecule has 17 rings (SSSR count). The minimum absolute atomic E-state index is 0.000640. The summed E-state index contributed by atoms with van der Waals surface area (Å²) >= 11 is 1.98. The van der Waals surface area contributed by atoms with Gasteiger partial charge in [-0.3, -0.25) is 0 Å². The average molecular weight is 1200 g/mol. The topological polar surface area (TPSA) is 22.9 Å². The summed E-state index contributed by atoms with van der Waals surface area (Å²) in [6.45, 7) is 28.1. The van der Waals surface area contributed by atoms with Gasteiger partial charge in [0.1, 0.15) is 5.58 Å². The lowest BCUT2D eigenvalue weighted by molar-refractivity contribution is 0.400. The largest absolute Gasteiger partial charge is 0.454 e.